The minimum atomic E-state index is -0.0867. The number of carbonyl (C=O) groups is 1. The van der Waals surface area contributed by atoms with E-state index in [2.05, 4.69) is 11.6 Å². The lowest BCUT2D eigenvalue weighted by Gasteiger charge is -2.31. The Hall–Kier alpha value is -1.20. The average Bonchev–Trinajstić information content (AvgIpc) is 2.75. The molecule has 1 aromatic heterocycles. The molecule has 1 fully saturated rings. The van der Waals surface area contributed by atoms with E-state index in [4.69, 9.17) is 4.74 Å². The maximum atomic E-state index is 11.5. The molecule has 0 aromatic carbocycles. The van der Waals surface area contributed by atoms with Gasteiger partial charge in [-0.25, -0.2) is 4.98 Å². The zero-order valence-electron chi connectivity index (χ0n) is 9.18. The lowest BCUT2D eigenvalue weighted by Crippen LogP contribution is -2.41. The summed E-state index contributed by atoms with van der Waals surface area (Å²) in [5.41, 5.74) is 0.996. The van der Waals surface area contributed by atoms with E-state index < -0.39 is 0 Å². The van der Waals surface area contributed by atoms with Crippen LogP contribution in [0.3, 0.4) is 0 Å². The minimum absolute atomic E-state index is 0.0402. The Morgan fingerprint density at radius 2 is 2.62 bits per heavy atom. The highest BCUT2D eigenvalue weighted by Crippen LogP contribution is 2.25. The third-order valence-electron chi connectivity index (χ3n) is 2.46. The highest BCUT2D eigenvalue weighted by atomic mass is 32.1. The second-order valence-electron chi connectivity index (χ2n) is 3.67. The molecule has 0 bridgehead atoms. The molecular formula is C11H14N2O2S. The molecule has 1 aliphatic heterocycles. The van der Waals surface area contributed by atoms with Gasteiger partial charge in [-0.1, -0.05) is 6.58 Å². The highest BCUT2D eigenvalue weighted by Gasteiger charge is 2.25. The van der Waals surface area contributed by atoms with Crippen LogP contribution in [0.1, 0.15) is 16.8 Å². The first kappa shape index (κ1) is 11.3. The summed E-state index contributed by atoms with van der Waals surface area (Å²) in [7, 11) is 0. The van der Waals surface area contributed by atoms with Crippen LogP contribution in [0.5, 0.6) is 0 Å². The van der Waals surface area contributed by atoms with Gasteiger partial charge in [0.25, 0.3) is 0 Å². The van der Waals surface area contributed by atoms with Gasteiger partial charge in [-0.3, -0.25) is 4.79 Å². The summed E-state index contributed by atoms with van der Waals surface area (Å²) in [6.45, 7) is 7.20. The first-order valence-electron chi connectivity index (χ1n) is 5.15. The zero-order chi connectivity index (χ0) is 11.5. The molecule has 1 saturated heterocycles. The Kier molecular flexibility index (Phi) is 3.36. The molecule has 5 heteroatoms. The molecule has 0 radical (unpaired) electrons. The SMILES string of the molecule is C=CC(=O)N1CCOC(c2nc(C)cs2)C1. The summed E-state index contributed by atoms with van der Waals surface area (Å²) in [6.07, 6.45) is 1.26. The fourth-order valence-corrected chi connectivity index (χ4v) is 2.48. The third kappa shape index (κ3) is 2.31. The van der Waals surface area contributed by atoms with E-state index in [1.807, 2.05) is 12.3 Å². The summed E-state index contributed by atoms with van der Waals surface area (Å²) in [5, 5.41) is 2.94. The Balaban J connectivity index is 2.07. The van der Waals surface area contributed by atoms with Crippen LogP contribution in [0.2, 0.25) is 0 Å². The van der Waals surface area contributed by atoms with Crippen LogP contribution in [0.15, 0.2) is 18.0 Å². The Labute approximate surface area is 98.6 Å². The molecule has 0 aliphatic carbocycles. The van der Waals surface area contributed by atoms with Crippen molar-refractivity contribution in [3.05, 3.63) is 28.7 Å². The van der Waals surface area contributed by atoms with Crippen LogP contribution in [-0.4, -0.2) is 35.5 Å². The molecule has 1 amide bonds. The van der Waals surface area contributed by atoms with Crippen molar-refractivity contribution in [3.8, 4) is 0 Å². The van der Waals surface area contributed by atoms with E-state index in [9.17, 15) is 4.79 Å². The summed E-state index contributed by atoms with van der Waals surface area (Å²) in [5.74, 6) is -0.0402. The van der Waals surface area contributed by atoms with Crippen molar-refractivity contribution in [2.24, 2.45) is 0 Å². The predicted octanol–water partition coefficient (Wildman–Crippen LogP) is 1.54. The van der Waals surface area contributed by atoms with Crippen LogP contribution in [-0.2, 0) is 9.53 Å². The number of carbonyl (C=O) groups excluding carboxylic acids is 1. The van der Waals surface area contributed by atoms with Gasteiger partial charge in [0, 0.05) is 17.6 Å². The number of thiazole rings is 1. The Morgan fingerprint density at radius 3 is 3.25 bits per heavy atom. The van der Waals surface area contributed by atoms with Gasteiger partial charge in [-0.15, -0.1) is 11.3 Å². The molecule has 2 heterocycles. The van der Waals surface area contributed by atoms with E-state index in [0.29, 0.717) is 19.7 Å². The second-order valence-corrected chi connectivity index (χ2v) is 4.56. The average molecular weight is 238 g/mol. The number of nitrogens with zero attached hydrogens (tertiary/aromatic N) is 2. The normalized spacial score (nSPS) is 20.8. The maximum absolute atomic E-state index is 11.5. The fraction of sp³-hybridized carbons (Fsp3) is 0.455. The van der Waals surface area contributed by atoms with Crippen molar-refractivity contribution < 1.29 is 9.53 Å². The van der Waals surface area contributed by atoms with Gasteiger partial charge in [-0.2, -0.15) is 0 Å². The van der Waals surface area contributed by atoms with Gasteiger partial charge in [0.05, 0.1) is 13.2 Å². The van der Waals surface area contributed by atoms with Gasteiger partial charge >= 0.3 is 0 Å². The Bertz CT molecular complexity index is 402. The van der Waals surface area contributed by atoms with Crippen LogP contribution >= 0.6 is 11.3 Å². The zero-order valence-corrected chi connectivity index (χ0v) is 10.00. The quantitative estimate of drug-likeness (QED) is 0.734. The first-order chi connectivity index (χ1) is 7.70. The number of morpholine rings is 1. The molecule has 4 nitrogen and oxygen atoms in total. The molecule has 1 atom stereocenters. The summed E-state index contributed by atoms with van der Waals surface area (Å²) < 4.78 is 5.62. The fourth-order valence-electron chi connectivity index (χ4n) is 1.65. The number of aromatic nitrogens is 1. The van der Waals surface area contributed by atoms with Gasteiger partial charge in [0.2, 0.25) is 5.91 Å². The van der Waals surface area contributed by atoms with Gasteiger partial charge in [-0.05, 0) is 13.0 Å². The number of amides is 1. The molecule has 86 valence electrons. The standard InChI is InChI=1S/C11H14N2O2S/c1-3-10(14)13-4-5-15-9(6-13)11-12-8(2)7-16-11/h3,7,9H,1,4-6H2,2H3. The van der Waals surface area contributed by atoms with E-state index in [1.165, 1.54) is 6.08 Å². The number of aryl methyl sites for hydroxylation is 1. The molecule has 1 aromatic rings. The summed E-state index contributed by atoms with van der Waals surface area (Å²) >= 11 is 1.58. The van der Waals surface area contributed by atoms with Crippen LogP contribution in [0.4, 0.5) is 0 Å². The largest absolute Gasteiger partial charge is 0.367 e. The van der Waals surface area contributed by atoms with Crippen molar-refractivity contribution in [2.45, 2.75) is 13.0 Å². The number of hydrogen-bond acceptors (Lipinski definition) is 4. The van der Waals surface area contributed by atoms with E-state index in [-0.39, 0.29) is 12.0 Å². The topological polar surface area (TPSA) is 42.4 Å². The van der Waals surface area contributed by atoms with E-state index >= 15 is 0 Å². The third-order valence-corrected chi connectivity index (χ3v) is 3.52. The molecule has 0 N–H and O–H groups in total. The molecule has 0 spiro atoms. The van der Waals surface area contributed by atoms with Crippen LogP contribution in [0.25, 0.3) is 0 Å². The number of rotatable bonds is 2. The van der Waals surface area contributed by atoms with E-state index in [1.54, 1.807) is 16.2 Å². The van der Waals surface area contributed by atoms with Gasteiger partial charge in [0.1, 0.15) is 11.1 Å². The lowest BCUT2D eigenvalue weighted by molar-refractivity contribution is -0.133. The second kappa shape index (κ2) is 4.76. The monoisotopic (exact) mass is 238 g/mol. The van der Waals surface area contributed by atoms with Crippen molar-refractivity contribution >= 4 is 17.2 Å². The number of ether oxygens (including phenoxy) is 1. The van der Waals surface area contributed by atoms with Crippen LogP contribution in [0, 0.1) is 6.92 Å². The van der Waals surface area contributed by atoms with Crippen LogP contribution < -0.4 is 0 Å². The Morgan fingerprint density at radius 1 is 1.81 bits per heavy atom. The molecule has 1 aliphatic rings. The molecular weight excluding hydrogens is 224 g/mol. The minimum Gasteiger partial charge on any atom is -0.367 e. The van der Waals surface area contributed by atoms with Crippen molar-refractivity contribution in [1.82, 2.24) is 9.88 Å². The highest BCUT2D eigenvalue weighted by molar-refractivity contribution is 7.09. The van der Waals surface area contributed by atoms with Gasteiger partial charge < -0.3 is 9.64 Å². The summed E-state index contributed by atoms with van der Waals surface area (Å²) in [6, 6.07) is 0. The summed E-state index contributed by atoms with van der Waals surface area (Å²) in [4.78, 5) is 17.6. The smallest absolute Gasteiger partial charge is 0.246 e. The molecule has 2 rings (SSSR count). The van der Waals surface area contributed by atoms with E-state index in [0.717, 1.165) is 10.7 Å². The first-order valence-corrected chi connectivity index (χ1v) is 6.03. The lowest BCUT2D eigenvalue weighted by atomic mass is 10.2. The number of hydrogen-bond donors (Lipinski definition) is 0. The van der Waals surface area contributed by atoms with Gasteiger partial charge in [0.15, 0.2) is 0 Å². The molecule has 1 unspecified atom stereocenters. The maximum Gasteiger partial charge on any atom is 0.246 e. The van der Waals surface area contributed by atoms with Crippen molar-refractivity contribution in [3.63, 3.8) is 0 Å². The molecule has 16 heavy (non-hydrogen) atoms. The predicted molar refractivity (Wildman–Crippen MR) is 62.3 cm³/mol. The molecule has 0 saturated carbocycles. The van der Waals surface area contributed by atoms with Crippen molar-refractivity contribution in [2.75, 3.05) is 19.7 Å². The van der Waals surface area contributed by atoms with Crippen molar-refractivity contribution in [1.29, 1.82) is 0 Å².